The van der Waals surface area contributed by atoms with Gasteiger partial charge in [-0.3, -0.25) is 0 Å². The Morgan fingerprint density at radius 2 is 1.60 bits per heavy atom. The fourth-order valence-electron chi connectivity index (χ4n) is 2.84. The minimum Gasteiger partial charge on any atom is -0.390 e. The molecule has 2 N–H and O–H groups in total. The summed E-state index contributed by atoms with van der Waals surface area (Å²) in [7, 11) is 0. The second-order valence-electron chi connectivity index (χ2n) is 6.31. The monoisotopic (exact) mass is 360 g/mol. The molecule has 1 aliphatic heterocycles. The van der Waals surface area contributed by atoms with Gasteiger partial charge in [0.05, 0.1) is 19.3 Å². The standard InChI is InChI=1S/C20H24O4S/c1-14-18(21)19(22)17(13-23-12-15-8-4-2-5-9-15)24-20(14)25-16-10-6-3-7-11-16/h2-11,14,17-22H,12-13H2,1H3/t14?,17?,18?,19-,20-/m0/s1. The number of hydrogen-bond acceptors (Lipinski definition) is 5. The van der Waals surface area contributed by atoms with E-state index in [0.29, 0.717) is 6.61 Å². The van der Waals surface area contributed by atoms with E-state index in [2.05, 4.69) is 0 Å². The van der Waals surface area contributed by atoms with E-state index in [-0.39, 0.29) is 18.0 Å². The Labute approximate surface area is 152 Å². The summed E-state index contributed by atoms with van der Waals surface area (Å²) in [6.45, 7) is 2.59. The fourth-order valence-corrected chi connectivity index (χ4v) is 4.00. The van der Waals surface area contributed by atoms with E-state index in [1.807, 2.05) is 67.6 Å². The van der Waals surface area contributed by atoms with Crippen molar-refractivity contribution in [3.63, 3.8) is 0 Å². The van der Waals surface area contributed by atoms with Crippen LogP contribution < -0.4 is 0 Å². The molecule has 4 nitrogen and oxygen atoms in total. The molecule has 2 aromatic carbocycles. The summed E-state index contributed by atoms with van der Waals surface area (Å²) in [5, 5.41) is 20.7. The average molecular weight is 360 g/mol. The van der Waals surface area contributed by atoms with Gasteiger partial charge in [0.15, 0.2) is 0 Å². The number of hydrogen-bond donors (Lipinski definition) is 2. The number of ether oxygens (including phenoxy) is 2. The van der Waals surface area contributed by atoms with Gasteiger partial charge in [0.25, 0.3) is 0 Å². The molecule has 1 saturated heterocycles. The first-order chi connectivity index (χ1) is 12.1. The molecule has 0 saturated carbocycles. The van der Waals surface area contributed by atoms with Crippen LogP contribution >= 0.6 is 11.8 Å². The van der Waals surface area contributed by atoms with E-state index in [1.165, 1.54) is 0 Å². The first-order valence-corrected chi connectivity index (χ1v) is 9.38. The molecule has 3 unspecified atom stereocenters. The topological polar surface area (TPSA) is 58.9 Å². The lowest BCUT2D eigenvalue weighted by molar-refractivity contribution is -0.187. The molecular formula is C20H24O4S. The van der Waals surface area contributed by atoms with Crippen molar-refractivity contribution in [3.05, 3.63) is 66.2 Å². The van der Waals surface area contributed by atoms with Gasteiger partial charge >= 0.3 is 0 Å². The zero-order valence-corrected chi connectivity index (χ0v) is 15.0. The average Bonchev–Trinajstić information content (AvgIpc) is 2.65. The lowest BCUT2D eigenvalue weighted by atomic mass is 9.94. The quantitative estimate of drug-likeness (QED) is 0.829. The molecule has 134 valence electrons. The summed E-state index contributed by atoms with van der Waals surface area (Å²) < 4.78 is 11.8. The summed E-state index contributed by atoms with van der Waals surface area (Å²) in [6.07, 6.45) is -2.32. The highest BCUT2D eigenvalue weighted by atomic mass is 32.2. The smallest absolute Gasteiger partial charge is 0.113 e. The molecule has 0 radical (unpaired) electrons. The van der Waals surface area contributed by atoms with Crippen molar-refractivity contribution in [3.8, 4) is 0 Å². The maximum Gasteiger partial charge on any atom is 0.113 e. The van der Waals surface area contributed by atoms with Crippen molar-refractivity contribution in [2.75, 3.05) is 6.61 Å². The van der Waals surface area contributed by atoms with Gasteiger partial charge in [0, 0.05) is 10.8 Å². The maximum atomic E-state index is 10.4. The summed E-state index contributed by atoms with van der Waals surface area (Å²) >= 11 is 1.56. The molecule has 25 heavy (non-hydrogen) atoms. The molecule has 0 aromatic heterocycles. The Morgan fingerprint density at radius 3 is 2.28 bits per heavy atom. The van der Waals surface area contributed by atoms with Crippen LogP contribution in [0.1, 0.15) is 12.5 Å². The molecule has 5 heteroatoms. The van der Waals surface area contributed by atoms with Gasteiger partial charge in [0.1, 0.15) is 17.6 Å². The molecular weight excluding hydrogens is 336 g/mol. The molecule has 1 aliphatic rings. The molecule has 0 aliphatic carbocycles. The fraction of sp³-hybridized carbons (Fsp3) is 0.400. The SMILES string of the molecule is CC1C(O)[C@@H](O)C(COCc2ccccc2)O[C@H]1Sc1ccccc1. The Bertz CT molecular complexity index is 637. The largest absolute Gasteiger partial charge is 0.390 e. The summed E-state index contributed by atoms with van der Waals surface area (Å²) in [4.78, 5) is 1.08. The highest BCUT2D eigenvalue weighted by molar-refractivity contribution is 7.99. The van der Waals surface area contributed by atoms with E-state index >= 15 is 0 Å². The van der Waals surface area contributed by atoms with E-state index in [1.54, 1.807) is 11.8 Å². The lowest BCUT2D eigenvalue weighted by Gasteiger charge is -2.41. The van der Waals surface area contributed by atoms with Crippen LogP contribution in [0.3, 0.4) is 0 Å². The van der Waals surface area contributed by atoms with Gasteiger partial charge in [-0.1, -0.05) is 67.2 Å². The van der Waals surface area contributed by atoms with Crippen molar-refractivity contribution in [1.82, 2.24) is 0 Å². The van der Waals surface area contributed by atoms with Gasteiger partial charge in [-0.25, -0.2) is 0 Å². The van der Waals surface area contributed by atoms with Crippen LogP contribution in [0.25, 0.3) is 0 Å². The third kappa shape index (κ3) is 4.84. The molecule has 2 aromatic rings. The molecule has 0 spiro atoms. The molecule has 1 heterocycles. The summed E-state index contributed by atoms with van der Waals surface area (Å²) in [5.74, 6) is -0.175. The number of aliphatic hydroxyl groups excluding tert-OH is 2. The van der Waals surface area contributed by atoms with Crippen LogP contribution in [-0.4, -0.2) is 40.6 Å². The first kappa shape index (κ1) is 18.4. The second-order valence-corrected chi connectivity index (χ2v) is 7.49. The van der Waals surface area contributed by atoms with Gasteiger partial charge in [-0.2, -0.15) is 0 Å². The number of benzene rings is 2. The Kier molecular flexibility index (Phi) is 6.51. The summed E-state index contributed by atoms with van der Waals surface area (Å²) in [6, 6.07) is 19.8. The number of aliphatic hydroxyl groups is 2. The predicted octanol–water partition coefficient (Wildman–Crippen LogP) is 3.08. The van der Waals surface area contributed by atoms with E-state index in [9.17, 15) is 10.2 Å². The molecule has 0 bridgehead atoms. The van der Waals surface area contributed by atoms with Crippen molar-refractivity contribution >= 4 is 11.8 Å². The van der Waals surface area contributed by atoms with Crippen LogP contribution in [0.2, 0.25) is 0 Å². The van der Waals surface area contributed by atoms with Gasteiger partial charge in [0.2, 0.25) is 0 Å². The van der Waals surface area contributed by atoms with Gasteiger partial charge in [-0.15, -0.1) is 0 Å². The normalized spacial score (nSPS) is 29.5. The zero-order valence-electron chi connectivity index (χ0n) is 14.2. The van der Waals surface area contributed by atoms with Crippen LogP contribution in [0.5, 0.6) is 0 Å². The zero-order chi connectivity index (χ0) is 17.6. The highest BCUT2D eigenvalue weighted by Crippen LogP contribution is 2.36. The van der Waals surface area contributed by atoms with Gasteiger partial charge < -0.3 is 19.7 Å². The van der Waals surface area contributed by atoms with Crippen molar-refractivity contribution in [1.29, 1.82) is 0 Å². The van der Waals surface area contributed by atoms with Crippen LogP contribution in [0, 0.1) is 5.92 Å². The number of rotatable bonds is 6. The Balaban J connectivity index is 1.58. The van der Waals surface area contributed by atoms with Crippen LogP contribution in [0.4, 0.5) is 0 Å². The van der Waals surface area contributed by atoms with E-state index in [4.69, 9.17) is 9.47 Å². The number of thioether (sulfide) groups is 1. The van der Waals surface area contributed by atoms with Gasteiger partial charge in [-0.05, 0) is 17.7 Å². The first-order valence-electron chi connectivity index (χ1n) is 8.50. The predicted molar refractivity (Wildman–Crippen MR) is 98.2 cm³/mol. The third-order valence-electron chi connectivity index (χ3n) is 4.40. The van der Waals surface area contributed by atoms with Crippen molar-refractivity contribution in [2.45, 2.75) is 42.2 Å². The summed E-state index contributed by atoms with van der Waals surface area (Å²) in [5.41, 5.74) is 0.836. The van der Waals surface area contributed by atoms with E-state index < -0.39 is 18.3 Å². The molecule has 3 rings (SSSR count). The lowest BCUT2D eigenvalue weighted by Crippen LogP contribution is -2.54. The highest BCUT2D eigenvalue weighted by Gasteiger charge is 2.42. The second kappa shape index (κ2) is 8.83. The van der Waals surface area contributed by atoms with E-state index in [0.717, 1.165) is 10.5 Å². The Morgan fingerprint density at radius 1 is 0.960 bits per heavy atom. The molecule has 5 atom stereocenters. The van der Waals surface area contributed by atoms with Crippen molar-refractivity contribution in [2.24, 2.45) is 5.92 Å². The van der Waals surface area contributed by atoms with Crippen LogP contribution in [-0.2, 0) is 16.1 Å². The molecule has 1 fully saturated rings. The maximum absolute atomic E-state index is 10.4. The van der Waals surface area contributed by atoms with Crippen molar-refractivity contribution < 1.29 is 19.7 Å². The molecule has 0 amide bonds. The van der Waals surface area contributed by atoms with Crippen LogP contribution in [0.15, 0.2) is 65.6 Å². The minimum atomic E-state index is -0.946. The third-order valence-corrected chi connectivity index (χ3v) is 5.71. The Hall–Kier alpha value is -1.37. The minimum absolute atomic E-state index is 0.175.